The second-order valence-electron chi connectivity index (χ2n) is 7.58. The minimum Gasteiger partial charge on any atom is -0.249 e. The van der Waals surface area contributed by atoms with Gasteiger partial charge in [-0.05, 0) is 59.1 Å². The van der Waals surface area contributed by atoms with Crippen molar-refractivity contribution in [1.82, 2.24) is 4.31 Å². The van der Waals surface area contributed by atoms with E-state index in [0.717, 1.165) is 19.5 Å². The highest BCUT2D eigenvalue weighted by atomic mass is 32.1. The van der Waals surface area contributed by atoms with Gasteiger partial charge in [-0.1, -0.05) is 63.1 Å². The molecule has 0 unspecified atom stereocenters. The zero-order valence-electron chi connectivity index (χ0n) is 14.1. The molecule has 0 radical (unpaired) electrons. The second-order valence-corrected chi connectivity index (χ2v) is 8.15. The lowest BCUT2D eigenvalue weighted by atomic mass is 9.76. The molecule has 0 N–H and O–H groups in total. The molecule has 1 aliphatic carbocycles. The Labute approximate surface area is 145 Å². The second kappa shape index (κ2) is 5.68. The van der Waals surface area contributed by atoms with Crippen LogP contribution in [0.3, 0.4) is 0 Å². The number of thiol groups is 1. The number of aryl methyl sites for hydroxylation is 2. The molecular formula is C21H25NS. The Morgan fingerprint density at radius 2 is 1.43 bits per heavy atom. The highest BCUT2D eigenvalue weighted by Crippen LogP contribution is 2.36. The smallest absolute Gasteiger partial charge is 0.0341 e. The molecule has 4 rings (SSSR count). The summed E-state index contributed by atoms with van der Waals surface area (Å²) in [6.07, 6.45) is 4.93. The maximum Gasteiger partial charge on any atom is 0.0341 e. The van der Waals surface area contributed by atoms with Gasteiger partial charge in [0.2, 0.25) is 0 Å². The fourth-order valence-electron chi connectivity index (χ4n) is 4.05. The van der Waals surface area contributed by atoms with Crippen molar-refractivity contribution in [3.8, 4) is 0 Å². The predicted molar refractivity (Wildman–Crippen MR) is 100 cm³/mol. The Morgan fingerprint density at radius 1 is 0.826 bits per heavy atom. The summed E-state index contributed by atoms with van der Waals surface area (Å²) in [5.41, 5.74) is 9.00. The summed E-state index contributed by atoms with van der Waals surface area (Å²) >= 11 is 4.50. The third-order valence-corrected chi connectivity index (χ3v) is 6.08. The molecule has 23 heavy (non-hydrogen) atoms. The molecule has 0 aromatic heterocycles. The van der Waals surface area contributed by atoms with Gasteiger partial charge in [-0.3, -0.25) is 0 Å². The molecule has 2 heteroatoms. The molecule has 0 amide bonds. The summed E-state index contributed by atoms with van der Waals surface area (Å²) in [7, 11) is 0. The normalized spacial score (nSPS) is 17.9. The summed E-state index contributed by atoms with van der Waals surface area (Å²) in [6.45, 7) is 6.72. The first-order valence-electron chi connectivity index (χ1n) is 8.72. The lowest BCUT2D eigenvalue weighted by Gasteiger charge is -2.30. The van der Waals surface area contributed by atoms with Crippen LogP contribution in [-0.4, -0.2) is 10.8 Å². The standard InChI is InChI=1S/C21H25NS/c1-21(2,19-8-6-15-4-3-5-16(15)12-19)20-9-7-18-14-22(23)11-10-17(18)13-20/h6-9,12-13,23H,3-5,10-11,14H2,1-2H3. The van der Waals surface area contributed by atoms with Gasteiger partial charge in [-0.2, -0.15) is 0 Å². The van der Waals surface area contributed by atoms with E-state index in [2.05, 4.69) is 67.4 Å². The molecular weight excluding hydrogens is 298 g/mol. The summed E-state index contributed by atoms with van der Waals surface area (Å²) in [5, 5.41) is 0. The third kappa shape index (κ3) is 2.72. The molecule has 2 aromatic carbocycles. The van der Waals surface area contributed by atoms with Gasteiger partial charge in [0, 0.05) is 18.5 Å². The molecule has 1 aliphatic heterocycles. The maximum atomic E-state index is 4.50. The van der Waals surface area contributed by atoms with Crippen LogP contribution in [0, 0.1) is 0 Å². The molecule has 120 valence electrons. The lowest BCUT2D eigenvalue weighted by molar-refractivity contribution is 0.449. The van der Waals surface area contributed by atoms with Crippen LogP contribution >= 0.6 is 12.8 Å². The van der Waals surface area contributed by atoms with Gasteiger partial charge in [-0.25, -0.2) is 4.31 Å². The zero-order valence-corrected chi connectivity index (χ0v) is 15.0. The molecule has 0 fully saturated rings. The van der Waals surface area contributed by atoms with E-state index in [1.165, 1.54) is 41.5 Å². The first-order chi connectivity index (χ1) is 11.0. The maximum absolute atomic E-state index is 4.50. The van der Waals surface area contributed by atoms with E-state index in [1.54, 1.807) is 11.1 Å². The minimum absolute atomic E-state index is 0.0603. The first kappa shape index (κ1) is 15.3. The van der Waals surface area contributed by atoms with E-state index in [-0.39, 0.29) is 5.41 Å². The van der Waals surface area contributed by atoms with E-state index in [4.69, 9.17) is 0 Å². The van der Waals surface area contributed by atoms with Crippen molar-refractivity contribution in [1.29, 1.82) is 0 Å². The first-order valence-corrected chi connectivity index (χ1v) is 9.12. The predicted octanol–water partition coefficient (Wildman–Crippen LogP) is 4.70. The number of rotatable bonds is 2. The molecule has 0 spiro atoms. The van der Waals surface area contributed by atoms with Gasteiger partial charge >= 0.3 is 0 Å². The highest BCUT2D eigenvalue weighted by Gasteiger charge is 2.26. The Bertz CT molecular complexity index is 748. The SMILES string of the molecule is CC(C)(c1ccc2c(c1)CCC2)c1ccc2c(c1)CCN(S)C2. The Balaban J connectivity index is 1.71. The third-order valence-electron chi connectivity index (χ3n) is 5.74. The number of fused-ring (bicyclic) bond motifs is 2. The zero-order chi connectivity index (χ0) is 16.0. The van der Waals surface area contributed by atoms with Crippen LogP contribution in [0.25, 0.3) is 0 Å². The molecule has 1 nitrogen and oxygen atoms in total. The van der Waals surface area contributed by atoms with Gasteiger partial charge in [0.25, 0.3) is 0 Å². The number of benzene rings is 2. The average molecular weight is 324 g/mol. The van der Waals surface area contributed by atoms with Crippen LogP contribution in [0.4, 0.5) is 0 Å². The summed E-state index contributed by atoms with van der Waals surface area (Å²) in [4.78, 5) is 0. The number of hydrogen-bond acceptors (Lipinski definition) is 2. The summed E-state index contributed by atoms with van der Waals surface area (Å²) in [6, 6.07) is 14.2. The lowest BCUT2D eigenvalue weighted by Crippen LogP contribution is -2.24. The number of hydrogen-bond donors (Lipinski definition) is 1. The van der Waals surface area contributed by atoms with Crippen LogP contribution in [0.15, 0.2) is 36.4 Å². The van der Waals surface area contributed by atoms with Gasteiger partial charge in [-0.15, -0.1) is 0 Å². The van der Waals surface area contributed by atoms with E-state index in [0.29, 0.717) is 0 Å². The Morgan fingerprint density at radius 3 is 2.17 bits per heavy atom. The van der Waals surface area contributed by atoms with E-state index in [9.17, 15) is 0 Å². The topological polar surface area (TPSA) is 3.24 Å². The molecule has 0 atom stereocenters. The molecule has 2 aromatic rings. The van der Waals surface area contributed by atoms with Crippen LogP contribution in [0.2, 0.25) is 0 Å². The van der Waals surface area contributed by atoms with Gasteiger partial charge in [0.05, 0.1) is 0 Å². The van der Waals surface area contributed by atoms with E-state index in [1.807, 2.05) is 0 Å². The van der Waals surface area contributed by atoms with Gasteiger partial charge in [0.1, 0.15) is 0 Å². The van der Waals surface area contributed by atoms with Gasteiger partial charge in [0.15, 0.2) is 0 Å². The monoisotopic (exact) mass is 323 g/mol. The largest absolute Gasteiger partial charge is 0.249 e. The van der Waals surface area contributed by atoms with Crippen LogP contribution in [-0.2, 0) is 31.2 Å². The van der Waals surface area contributed by atoms with Crippen molar-refractivity contribution in [2.75, 3.05) is 6.54 Å². The van der Waals surface area contributed by atoms with Crippen LogP contribution in [0.1, 0.15) is 53.6 Å². The fraction of sp³-hybridized carbons (Fsp3) is 0.429. The molecule has 0 saturated heterocycles. The van der Waals surface area contributed by atoms with Crippen molar-refractivity contribution in [2.24, 2.45) is 0 Å². The van der Waals surface area contributed by atoms with E-state index >= 15 is 0 Å². The Kier molecular flexibility index (Phi) is 3.78. The molecule has 0 saturated carbocycles. The van der Waals surface area contributed by atoms with Crippen LogP contribution < -0.4 is 0 Å². The van der Waals surface area contributed by atoms with Crippen molar-refractivity contribution in [2.45, 2.75) is 51.5 Å². The van der Waals surface area contributed by atoms with Crippen LogP contribution in [0.5, 0.6) is 0 Å². The summed E-state index contributed by atoms with van der Waals surface area (Å²) < 4.78 is 2.10. The molecule has 0 bridgehead atoms. The molecule has 1 heterocycles. The number of nitrogens with zero attached hydrogens (tertiary/aromatic N) is 1. The fourth-order valence-corrected chi connectivity index (χ4v) is 4.31. The van der Waals surface area contributed by atoms with E-state index < -0.39 is 0 Å². The summed E-state index contributed by atoms with van der Waals surface area (Å²) in [5.74, 6) is 0. The van der Waals surface area contributed by atoms with Crippen molar-refractivity contribution < 1.29 is 0 Å². The van der Waals surface area contributed by atoms with Crippen molar-refractivity contribution >= 4 is 12.8 Å². The van der Waals surface area contributed by atoms with Gasteiger partial charge < -0.3 is 0 Å². The van der Waals surface area contributed by atoms with Crippen molar-refractivity contribution in [3.63, 3.8) is 0 Å². The minimum atomic E-state index is 0.0603. The average Bonchev–Trinajstić information content (AvgIpc) is 3.01. The van der Waals surface area contributed by atoms with Crippen molar-refractivity contribution in [3.05, 3.63) is 69.8 Å². The molecule has 2 aliphatic rings. The quantitative estimate of drug-likeness (QED) is 0.784. The Hall–Kier alpha value is -1.25. The highest BCUT2D eigenvalue weighted by molar-refractivity contribution is 7.77.